The number of hydrogen-bond acceptors (Lipinski definition) is 5. The van der Waals surface area contributed by atoms with Crippen LogP contribution in [0.3, 0.4) is 0 Å². The Kier molecular flexibility index (Phi) is 5.07. The number of piperidine rings is 1. The summed E-state index contributed by atoms with van der Waals surface area (Å²) < 4.78 is 0. The zero-order valence-electron chi connectivity index (χ0n) is 15.7. The highest BCUT2D eigenvalue weighted by atomic mass is 32.1. The molecule has 3 aromatic rings. The molecular formula is C21H24N4OS. The normalized spacial score (nSPS) is 15.4. The molecule has 4 rings (SSSR count). The van der Waals surface area contributed by atoms with Gasteiger partial charge in [0.05, 0.1) is 5.69 Å². The van der Waals surface area contributed by atoms with E-state index in [2.05, 4.69) is 22.3 Å². The van der Waals surface area contributed by atoms with Gasteiger partial charge in [0.25, 0.3) is 0 Å². The van der Waals surface area contributed by atoms with Crippen molar-refractivity contribution in [2.24, 2.45) is 5.92 Å². The van der Waals surface area contributed by atoms with Gasteiger partial charge in [-0.1, -0.05) is 41.7 Å². The van der Waals surface area contributed by atoms with Gasteiger partial charge in [-0.15, -0.1) is 0 Å². The lowest BCUT2D eigenvalue weighted by Crippen LogP contribution is -2.42. The second-order valence-electron chi connectivity index (χ2n) is 7.31. The molecule has 5 nitrogen and oxygen atoms in total. The SMILES string of the molecule is CC(C)NC(=O)C1CCN(c2nc3ccc(-c4ccccc4)nc3s2)CC1. The number of hydrogen-bond donors (Lipinski definition) is 1. The molecule has 2 aromatic heterocycles. The van der Waals surface area contributed by atoms with E-state index in [4.69, 9.17) is 9.97 Å². The smallest absolute Gasteiger partial charge is 0.223 e. The van der Waals surface area contributed by atoms with Crippen LogP contribution in [-0.2, 0) is 4.79 Å². The van der Waals surface area contributed by atoms with Gasteiger partial charge >= 0.3 is 0 Å². The Labute approximate surface area is 163 Å². The minimum Gasteiger partial charge on any atom is -0.354 e. The van der Waals surface area contributed by atoms with Crippen molar-refractivity contribution in [3.63, 3.8) is 0 Å². The first-order chi connectivity index (χ1) is 13.1. The zero-order valence-corrected chi connectivity index (χ0v) is 16.5. The van der Waals surface area contributed by atoms with Gasteiger partial charge in [-0.3, -0.25) is 4.79 Å². The van der Waals surface area contributed by atoms with Crippen LogP contribution in [-0.4, -0.2) is 35.0 Å². The van der Waals surface area contributed by atoms with Gasteiger partial charge in [0.2, 0.25) is 5.91 Å². The van der Waals surface area contributed by atoms with Crippen molar-refractivity contribution in [2.75, 3.05) is 18.0 Å². The average Bonchev–Trinajstić information content (AvgIpc) is 3.11. The molecule has 140 valence electrons. The molecule has 27 heavy (non-hydrogen) atoms. The first kappa shape index (κ1) is 17.9. The minimum absolute atomic E-state index is 0.112. The summed E-state index contributed by atoms with van der Waals surface area (Å²) in [5, 5.41) is 4.03. The molecule has 1 amide bonds. The summed E-state index contributed by atoms with van der Waals surface area (Å²) in [6.45, 7) is 5.73. The lowest BCUT2D eigenvalue weighted by Gasteiger charge is -2.31. The van der Waals surface area contributed by atoms with E-state index in [0.29, 0.717) is 0 Å². The molecule has 0 aliphatic carbocycles. The first-order valence-corrected chi connectivity index (χ1v) is 10.3. The number of aromatic nitrogens is 2. The van der Waals surface area contributed by atoms with Crippen LogP contribution >= 0.6 is 11.3 Å². The molecule has 0 atom stereocenters. The molecule has 1 aliphatic heterocycles. The Balaban J connectivity index is 1.48. The molecule has 0 unspecified atom stereocenters. The highest BCUT2D eigenvalue weighted by Gasteiger charge is 2.26. The number of thiazole rings is 1. The monoisotopic (exact) mass is 380 g/mol. The number of carbonyl (C=O) groups excluding carboxylic acids is 1. The van der Waals surface area contributed by atoms with Gasteiger partial charge in [0, 0.05) is 30.6 Å². The maximum Gasteiger partial charge on any atom is 0.223 e. The van der Waals surface area contributed by atoms with E-state index in [1.165, 1.54) is 0 Å². The zero-order chi connectivity index (χ0) is 18.8. The first-order valence-electron chi connectivity index (χ1n) is 9.48. The van der Waals surface area contributed by atoms with Gasteiger partial charge in [0.15, 0.2) is 5.13 Å². The fraction of sp³-hybridized carbons (Fsp3) is 0.381. The number of amides is 1. The molecule has 6 heteroatoms. The van der Waals surface area contributed by atoms with Crippen molar-refractivity contribution in [3.8, 4) is 11.3 Å². The quantitative estimate of drug-likeness (QED) is 0.740. The summed E-state index contributed by atoms with van der Waals surface area (Å²) in [5.74, 6) is 0.295. The Bertz CT molecular complexity index is 930. The van der Waals surface area contributed by atoms with E-state index >= 15 is 0 Å². The lowest BCUT2D eigenvalue weighted by atomic mass is 9.96. The third-order valence-corrected chi connectivity index (χ3v) is 5.91. The summed E-state index contributed by atoms with van der Waals surface area (Å²) in [4.78, 5) is 25.0. The number of nitrogens with one attached hydrogen (secondary N) is 1. The number of fused-ring (bicyclic) bond motifs is 1. The molecule has 0 bridgehead atoms. The molecule has 3 heterocycles. The Hall–Kier alpha value is -2.47. The summed E-state index contributed by atoms with van der Waals surface area (Å²) in [6, 6.07) is 14.5. The van der Waals surface area contributed by atoms with Gasteiger partial charge in [0.1, 0.15) is 10.3 Å². The van der Waals surface area contributed by atoms with E-state index in [0.717, 1.165) is 52.7 Å². The topological polar surface area (TPSA) is 58.1 Å². The number of anilines is 1. The number of nitrogens with zero attached hydrogens (tertiary/aromatic N) is 3. The molecule has 1 fully saturated rings. The van der Waals surface area contributed by atoms with E-state index < -0.39 is 0 Å². The highest BCUT2D eigenvalue weighted by molar-refractivity contribution is 7.21. The highest BCUT2D eigenvalue weighted by Crippen LogP contribution is 2.32. The van der Waals surface area contributed by atoms with E-state index in [9.17, 15) is 4.79 Å². The van der Waals surface area contributed by atoms with Gasteiger partial charge in [-0.25, -0.2) is 9.97 Å². The molecule has 0 saturated carbocycles. The molecule has 0 radical (unpaired) electrons. The summed E-state index contributed by atoms with van der Waals surface area (Å²) in [7, 11) is 0. The standard InChI is InChI=1S/C21H24N4OS/c1-14(2)22-19(26)16-10-12-25(13-11-16)21-24-18-9-8-17(23-20(18)27-21)15-6-4-3-5-7-15/h3-9,14,16H,10-13H2,1-2H3,(H,22,26). The van der Waals surface area contributed by atoms with Crippen molar-refractivity contribution in [2.45, 2.75) is 32.7 Å². The van der Waals surface area contributed by atoms with Crippen LogP contribution in [0.15, 0.2) is 42.5 Å². The maximum atomic E-state index is 12.2. The van der Waals surface area contributed by atoms with Gasteiger partial charge < -0.3 is 10.2 Å². The van der Waals surface area contributed by atoms with Crippen molar-refractivity contribution < 1.29 is 4.79 Å². The van der Waals surface area contributed by atoms with Crippen molar-refractivity contribution >= 4 is 32.7 Å². The Morgan fingerprint density at radius 3 is 2.56 bits per heavy atom. The number of rotatable bonds is 4. The third kappa shape index (κ3) is 3.95. The Morgan fingerprint density at radius 1 is 1.11 bits per heavy atom. The largest absolute Gasteiger partial charge is 0.354 e. The van der Waals surface area contributed by atoms with Gasteiger partial charge in [-0.05, 0) is 38.8 Å². The van der Waals surface area contributed by atoms with E-state index in [1.807, 2.05) is 44.2 Å². The number of pyridine rings is 1. The van der Waals surface area contributed by atoms with Crippen LogP contribution < -0.4 is 10.2 Å². The van der Waals surface area contributed by atoms with Crippen molar-refractivity contribution in [1.29, 1.82) is 0 Å². The second-order valence-corrected chi connectivity index (χ2v) is 8.26. The third-order valence-electron chi connectivity index (χ3n) is 4.88. The summed E-state index contributed by atoms with van der Waals surface area (Å²) >= 11 is 1.64. The molecule has 1 aliphatic rings. The minimum atomic E-state index is 0.112. The van der Waals surface area contributed by atoms with Crippen molar-refractivity contribution in [1.82, 2.24) is 15.3 Å². The molecule has 1 saturated heterocycles. The van der Waals surface area contributed by atoms with Crippen LogP contribution in [0.25, 0.3) is 21.6 Å². The predicted octanol–water partition coefficient (Wildman–Crippen LogP) is 4.10. The molecule has 1 N–H and O–H groups in total. The fourth-order valence-electron chi connectivity index (χ4n) is 3.45. The molecular weight excluding hydrogens is 356 g/mol. The average molecular weight is 381 g/mol. The van der Waals surface area contributed by atoms with E-state index in [-0.39, 0.29) is 17.9 Å². The Morgan fingerprint density at radius 2 is 1.85 bits per heavy atom. The van der Waals surface area contributed by atoms with Crippen molar-refractivity contribution in [3.05, 3.63) is 42.5 Å². The summed E-state index contributed by atoms with van der Waals surface area (Å²) in [6.07, 6.45) is 1.74. The lowest BCUT2D eigenvalue weighted by molar-refractivity contribution is -0.126. The maximum absolute atomic E-state index is 12.2. The van der Waals surface area contributed by atoms with Crippen LogP contribution in [0.2, 0.25) is 0 Å². The van der Waals surface area contributed by atoms with Crippen LogP contribution in [0.4, 0.5) is 5.13 Å². The van der Waals surface area contributed by atoms with Crippen LogP contribution in [0, 0.1) is 5.92 Å². The molecule has 0 spiro atoms. The van der Waals surface area contributed by atoms with Gasteiger partial charge in [-0.2, -0.15) is 0 Å². The van der Waals surface area contributed by atoms with Crippen LogP contribution in [0.1, 0.15) is 26.7 Å². The second kappa shape index (κ2) is 7.64. The predicted molar refractivity (Wildman–Crippen MR) is 111 cm³/mol. The summed E-state index contributed by atoms with van der Waals surface area (Å²) in [5.41, 5.74) is 3.03. The molecule has 1 aromatic carbocycles. The van der Waals surface area contributed by atoms with E-state index in [1.54, 1.807) is 11.3 Å². The van der Waals surface area contributed by atoms with Crippen LogP contribution in [0.5, 0.6) is 0 Å². The fourth-order valence-corrected chi connectivity index (χ4v) is 4.44. The number of benzene rings is 1. The number of carbonyl (C=O) groups is 1.